The molecule has 0 saturated carbocycles. The van der Waals surface area contributed by atoms with Crippen molar-refractivity contribution in [2.75, 3.05) is 5.32 Å². The van der Waals surface area contributed by atoms with E-state index in [1.54, 1.807) is 0 Å². The van der Waals surface area contributed by atoms with Crippen LogP contribution in [-0.4, -0.2) is 6.04 Å². The summed E-state index contributed by atoms with van der Waals surface area (Å²) in [6, 6.07) is 17.8. The third-order valence-electron chi connectivity index (χ3n) is 3.57. The van der Waals surface area contributed by atoms with E-state index in [2.05, 4.69) is 60.8 Å². The Morgan fingerprint density at radius 2 is 1.82 bits per heavy atom. The Labute approximate surface area is 102 Å². The highest BCUT2D eigenvalue weighted by atomic mass is 14.9. The minimum Gasteiger partial charge on any atom is -0.381 e. The van der Waals surface area contributed by atoms with E-state index in [0.717, 1.165) is 12.8 Å². The summed E-state index contributed by atoms with van der Waals surface area (Å²) < 4.78 is 0. The van der Waals surface area contributed by atoms with Crippen LogP contribution in [0, 0.1) is 6.92 Å². The van der Waals surface area contributed by atoms with Crippen LogP contribution in [0.5, 0.6) is 0 Å². The molecule has 0 bridgehead atoms. The molecule has 0 saturated heterocycles. The lowest BCUT2D eigenvalue weighted by Gasteiger charge is -2.13. The van der Waals surface area contributed by atoms with Crippen molar-refractivity contribution < 1.29 is 0 Å². The number of aryl methyl sites for hydroxylation is 1. The van der Waals surface area contributed by atoms with E-state index < -0.39 is 0 Å². The van der Waals surface area contributed by atoms with Gasteiger partial charge in [0.25, 0.3) is 0 Å². The molecule has 1 aliphatic rings. The van der Waals surface area contributed by atoms with Crippen molar-refractivity contribution in [3.8, 4) is 0 Å². The molecule has 0 radical (unpaired) electrons. The topological polar surface area (TPSA) is 12.0 Å². The maximum absolute atomic E-state index is 3.61. The molecule has 3 rings (SSSR count). The van der Waals surface area contributed by atoms with Gasteiger partial charge in [-0.25, -0.2) is 0 Å². The molecule has 1 unspecified atom stereocenters. The van der Waals surface area contributed by atoms with Gasteiger partial charge in [-0.05, 0) is 42.5 Å². The lowest BCUT2D eigenvalue weighted by Crippen LogP contribution is -2.18. The maximum atomic E-state index is 3.61. The van der Waals surface area contributed by atoms with Crippen LogP contribution in [0.15, 0.2) is 48.5 Å². The Balaban J connectivity index is 1.76. The number of hydrogen-bond acceptors (Lipinski definition) is 1. The fourth-order valence-electron chi connectivity index (χ4n) is 2.60. The van der Waals surface area contributed by atoms with Crippen LogP contribution >= 0.6 is 0 Å². The third kappa shape index (κ3) is 2.05. The third-order valence-corrected chi connectivity index (χ3v) is 3.57. The van der Waals surface area contributed by atoms with Crippen molar-refractivity contribution in [3.05, 3.63) is 65.2 Å². The largest absolute Gasteiger partial charge is 0.381 e. The summed E-state index contributed by atoms with van der Waals surface area (Å²) in [7, 11) is 0. The number of benzene rings is 2. The highest BCUT2D eigenvalue weighted by Gasteiger charge is 2.20. The summed E-state index contributed by atoms with van der Waals surface area (Å²) in [6.07, 6.45) is 2.26. The molecule has 0 fully saturated rings. The van der Waals surface area contributed by atoms with E-state index in [1.807, 2.05) is 0 Å². The van der Waals surface area contributed by atoms with E-state index in [4.69, 9.17) is 0 Å². The molecule has 0 spiro atoms. The standard InChI is InChI=1S/C16H17N/c1-12-6-2-3-7-13(12)10-15-11-14-8-4-5-9-16(14)17-15/h2-9,15,17H,10-11H2,1H3. The number of rotatable bonds is 2. The van der Waals surface area contributed by atoms with Crippen LogP contribution in [0.2, 0.25) is 0 Å². The summed E-state index contributed by atoms with van der Waals surface area (Å²) in [5.41, 5.74) is 5.61. The minimum atomic E-state index is 0.550. The van der Waals surface area contributed by atoms with Gasteiger partial charge in [0.05, 0.1) is 0 Å². The molecule has 1 aliphatic heterocycles. The predicted octanol–water partition coefficient (Wildman–Crippen LogP) is 3.57. The molecule has 0 aromatic heterocycles. The Morgan fingerprint density at radius 1 is 1.06 bits per heavy atom. The summed E-state index contributed by atoms with van der Waals surface area (Å²) in [5, 5.41) is 3.61. The molecular weight excluding hydrogens is 206 g/mol. The minimum absolute atomic E-state index is 0.550. The molecule has 2 aromatic rings. The molecule has 1 heteroatoms. The van der Waals surface area contributed by atoms with Crippen molar-refractivity contribution in [1.29, 1.82) is 0 Å². The summed E-state index contributed by atoms with van der Waals surface area (Å²) in [6.45, 7) is 2.19. The highest BCUT2D eigenvalue weighted by Crippen LogP contribution is 2.27. The first-order valence-corrected chi connectivity index (χ1v) is 6.22. The Morgan fingerprint density at radius 3 is 2.65 bits per heavy atom. The van der Waals surface area contributed by atoms with E-state index in [0.29, 0.717) is 6.04 Å². The predicted molar refractivity (Wildman–Crippen MR) is 72.4 cm³/mol. The molecule has 0 amide bonds. The second-order valence-electron chi connectivity index (χ2n) is 4.83. The first-order chi connectivity index (χ1) is 8.33. The zero-order valence-electron chi connectivity index (χ0n) is 10.1. The lowest BCUT2D eigenvalue weighted by molar-refractivity contribution is 0.743. The van der Waals surface area contributed by atoms with Crippen molar-refractivity contribution in [2.45, 2.75) is 25.8 Å². The summed E-state index contributed by atoms with van der Waals surface area (Å²) in [5.74, 6) is 0. The second kappa shape index (κ2) is 4.25. The highest BCUT2D eigenvalue weighted by molar-refractivity contribution is 5.56. The quantitative estimate of drug-likeness (QED) is 0.820. The Hall–Kier alpha value is -1.76. The molecule has 1 nitrogen and oxygen atoms in total. The Kier molecular flexibility index (Phi) is 2.60. The SMILES string of the molecule is Cc1ccccc1CC1Cc2ccccc2N1. The first kappa shape index (κ1) is 10.4. The number of fused-ring (bicyclic) bond motifs is 1. The van der Waals surface area contributed by atoms with E-state index in [9.17, 15) is 0 Å². The average Bonchev–Trinajstić information content (AvgIpc) is 2.74. The zero-order valence-corrected chi connectivity index (χ0v) is 10.1. The van der Waals surface area contributed by atoms with Gasteiger partial charge in [-0.3, -0.25) is 0 Å². The van der Waals surface area contributed by atoms with Gasteiger partial charge < -0.3 is 5.32 Å². The molecule has 86 valence electrons. The van der Waals surface area contributed by atoms with Crippen LogP contribution < -0.4 is 5.32 Å². The van der Waals surface area contributed by atoms with Crippen LogP contribution in [0.25, 0.3) is 0 Å². The van der Waals surface area contributed by atoms with Gasteiger partial charge in [0.1, 0.15) is 0 Å². The van der Waals surface area contributed by atoms with Gasteiger partial charge in [0.2, 0.25) is 0 Å². The first-order valence-electron chi connectivity index (χ1n) is 6.22. The normalized spacial score (nSPS) is 17.6. The van der Waals surface area contributed by atoms with Gasteiger partial charge in [-0.1, -0.05) is 42.5 Å². The van der Waals surface area contributed by atoms with E-state index in [1.165, 1.54) is 22.4 Å². The van der Waals surface area contributed by atoms with E-state index in [-0.39, 0.29) is 0 Å². The fourth-order valence-corrected chi connectivity index (χ4v) is 2.60. The average molecular weight is 223 g/mol. The maximum Gasteiger partial charge on any atom is 0.0375 e. The molecule has 0 aliphatic carbocycles. The van der Waals surface area contributed by atoms with Gasteiger partial charge in [-0.15, -0.1) is 0 Å². The van der Waals surface area contributed by atoms with Crippen LogP contribution in [-0.2, 0) is 12.8 Å². The van der Waals surface area contributed by atoms with E-state index >= 15 is 0 Å². The number of anilines is 1. The van der Waals surface area contributed by atoms with Gasteiger partial charge in [0, 0.05) is 11.7 Å². The van der Waals surface area contributed by atoms with Crippen molar-refractivity contribution in [1.82, 2.24) is 0 Å². The molecule has 1 N–H and O–H groups in total. The Bertz CT molecular complexity index is 506. The molecule has 1 atom stereocenters. The lowest BCUT2D eigenvalue weighted by atomic mass is 9.99. The number of hydrogen-bond donors (Lipinski definition) is 1. The second-order valence-corrected chi connectivity index (χ2v) is 4.83. The van der Waals surface area contributed by atoms with Crippen LogP contribution in [0.1, 0.15) is 16.7 Å². The number of nitrogens with one attached hydrogen (secondary N) is 1. The smallest absolute Gasteiger partial charge is 0.0375 e. The summed E-state index contributed by atoms with van der Waals surface area (Å²) >= 11 is 0. The molecule has 2 aromatic carbocycles. The summed E-state index contributed by atoms with van der Waals surface area (Å²) in [4.78, 5) is 0. The molecule has 17 heavy (non-hydrogen) atoms. The van der Waals surface area contributed by atoms with Gasteiger partial charge in [0.15, 0.2) is 0 Å². The van der Waals surface area contributed by atoms with Crippen molar-refractivity contribution in [3.63, 3.8) is 0 Å². The molecule has 1 heterocycles. The molecular formula is C16H17N. The van der Waals surface area contributed by atoms with Gasteiger partial charge in [-0.2, -0.15) is 0 Å². The fraction of sp³-hybridized carbons (Fsp3) is 0.250. The number of para-hydroxylation sites is 1. The van der Waals surface area contributed by atoms with Gasteiger partial charge >= 0.3 is 0 Å². The van der Waals surface area contributed by atoms with Crippen LogP contribution in [0.3, 0.4) is 0 Å². The van der Waals surface area contributed by atoms with Crippen LogP contribution in [0.4, 0.5) is 5.69 Å². The van der Waals surface area contributed by atoms with Crippen molar-refractivity contribution in [2.24, 2.45) is 0 Å². The zero-order chi connectivity index (χ0) is 11.7. The monoisotopic (exact) mass is 223 g/mol. The van der Waals surface area contributed by atoms with Crippen molar-refractivity contribution >= 4 is 5.69 Å².